The molecule has 2 rings (SSSR count). The van der Waals surface area contributed by atoms with E-state index in [2.05, 4.69) is 4.98 Å². The molecule has 1 saturated carbocycles. The van der Waals surface area contributed by atoms with E-state index in [1.54, 1.807) is 4.90 Å². The Kier molecular flexibility index (Phi) is 3.59. The summed E-state index contributed by atoms with van der Waals surface area (Å²) in [5.74, 6) is -2.35. The van der Waals surface area contributed by atoms with Gasteiger partial charge in [0.15, 0.2) is 5.82 Å². The fourth-order valence-electron chi connectivity index (χ4n) is 1.84. The molecule has 5 heteroatoms. The maximum absolute atomic E-state index is 13.5. The highest BCUT2D eigenvalue weighted by atomic mass is 19.2. The summed E-state index contributed by atoms with van der Waals surface area (Å²) < 4.78 is 26.6. The van der Waals surface area contributed by atoms with Gasteiger partial charge in [0.05, 0.1) is 5.56 Å². The van der Waals surface area contributed by atoms with E-state index in [-0.39, 0.29) is 11.6 Å². The van der Waals surface area contributed by atoms with Crippen molar-refractivity contribution in [3.63, 3.8) is 0 Å². The molecule has 98 valence electrons. The number of hydrogen-bond donors (Lipinski definition) is 0. The monoisotopic (exact) mass is 254 g/mol. The van der Waals surface area contributed by atoms with E-state index in [0.29, 0.717) is 12.5 Å². The van der Waals surface area contributed by atoms with Crippen LogP contribution in [-0.4, -0.2) is 28.4 Å². The van der Waals surface area contributed by atoms with E-state index >= 15 is 0 Å². The van der Waals surface area contributed by atoms with Crippen molar-refractivity contribution in [1.82, 2.24) is 9.88 Å². The van der Waals surface area contributed by atoms with Crippen LogP contribution < -0.4 is 0 Å². The summed E-state index contributed by atoms with van der Waals surface area (Å²) in [5, 5.41) is 0. The molecule has 1 amide bonds. The maximum atomic E-state index is 13.5. The van der Waals surface area contributed by atoms with Crippen molar-refractivity contribution in [2.45, 2.75) is 32.7 Å². The topological polar surface area (TPSA) is 33.2 Å². The van der Waals surface area contributed by atoms with Crippen LogP contribution in [0.1, 0.15) is 37.0 Å². The number of rotatable bonds is 4. The molecule has 0 aliphatic heterocycles. The standard InChI is InChI=1S/C13H16F2N2O/c1-8(2)17(7-9-3-4-9)13(18)10-5-6-16-12(15)11(10)14/h5-6,8-9H,3-4,7H2,1-2H3. The highest BCUT2D eigenvalue weighted by molar-refractivity contribution is 5.94. The first-order valence-electron chi connectivity index (χ1n) is 6.11. The van der Waals surface area contributed by atoms with Crippen molar-refractivity contribution in [1.29, 1.82) is 0 Å². The first-order chi connectivity index (χ1) is 8.50. The van der Waals surface area contributed by atoms with Crippen LogP contribution in [0.25, 0.3) is 0 Å². The van der Waals surface area contributed by atoms with Gasteiger partial charge in [0.25, 0.3) is 5.91 Å². The van der Waals surface area contributed by atoms with E-state index in [4.69, 9.17) is 0 Å². The summed E-state index contributed by atoms with van der Waals surface area (Å²) in [5.41, 5.74) is -0.239. The second-order valence-electron chi connectivity index (χ2n) is 4.96. The number of aromatic nitrogens is 1. The molecule has 0 atom stereocenters. The molecule has 0 saturated heterocycles. The van der Waals surface area contributed by atoms with Crippen molar-refractivity contribution in [3.8, 4) is 0 Å². The number of carbonyl (C=O) groups is 1. The average Bonchev–Trinajstić information content (AvgIpc) is 3.12. The van der Waals surface area contributed by atoms with Gasteiger partial charge < -0.3 is 4.90 Å². The fraction of sp³-hybridized carbons (Fsp3) is 0.538. The third kappa shape index (κ3) is 2.66. The number of halogens is 2. The molecule has 1 aliphatic rings. The Morgan fingerprint density at radius 3 is 2.72 bits per heavy atom. The van der Waals surface area contributed by atoms with Crippen LogP contribution in [0.15, 0.2) is 12.3 Å². The van der Waals surface area contributed by atoms with Crippen LogP contribution in [-0.2, 0) is 0 Å². The number of amides is 1. The zero-order valence-corrected chi connectivity index (χ0v) is 10.5. The lowest BCUT2D eigenvalue weighted by Gasteiger charge is -2.27. The molecule has 0 bridgehead atoms. The lowest BCUT2D eigenvalue weighted by Crippen LogP contribution is -2.39. The zero-order valence-electron chi connectivity index (χ0n) is 10.5. The molecular weight excluding hydrogens is 238 g/mol. The Bertz CT molecular complexity index is 458. The lowest BCUT2D eigenvalue weighted by atomic mass is 10.2. The molecule has 1 aromatic heterocycles. The maximum Gasteiger partial charge on any atom is 0.257 e. The Hall–Kier alpha value is -1.52. The second kappa shape index (κ2) is 5.00. The summed E-state index contributed by atoms with van der Waals surface area (Å²) in [4.78, 5) is 17.0. The lowest BCUT2D eigenvalue weighted by molar-refractivity contribution is 0.0690. The molecule has 0 radical (unpaired) electrons. The minimum absolute atomic E-state index is 0.0336. The number of hydrogen-bond acceptors (Lipinski definition) is 2. The van der Waals surface area contributed by atoms with Crippen LogP contribution in [0.4, 0.5) is 8.78 Å². The molecular formula is C13H16F2N2O. The van der Waals surface area contributed by atoms with Crippen molar-refractivity contribution in [2.75, 3.05) is 6.54 Å². The summed E-state index contributed by atoms with van der Waals surface area (Å²) in [6, 6.07) is 1.19. The van der Waals surface area contributed by atoms with Gasteiger partial charge in [-0.05, 0) is 38.7 Å². The van der Waals surface area contributed by atoms with Crippen LogP contribution >= 0.6 is 0 Å². The third-order valence-corrected chi connectivity index (χ3v) is 3.11. The highest BCUT2D eigenvalue weighted by Crippen LogP contribution is 2.31. The van der Waals surface area contributed by atoms with Crippen molar-refractivity contribution in [3.05, 3.63) is 29.6 Å². The zero-order chi connectivity index (χ0) is 13.3. The van der Waals surface area contributed by atoms with Crippen molar-refractivity contribution >= 4 is 5.91 Å². The Morgan fingerprint density at radius 2 is 2.17 bits per heavy atom. The van der Waals surface area contributed by atoms with Crippen LogP contribution in [0, 0.1) is 17.7 Å². The average molecular weight is 254 g/mol. The van der Waals surface area contributed by atoms with Crippen LogP contribution in [0.2, 0.25) is 0 Å². The Balaban J connectivity index is 2.23. The van der Waals surface area contributed by atoms with E-state index in [1.165, 1.54) is 6.07 Å². The van der Waals surface area contributed by atoms with Gasteiger partial charge in [0.2, 0.25) is 5.95 Å². The first kappa shape index (κ1) is 12.9. The van der Waals surface area contributed by atoms with Gasteiger partial charge in [0.1, 0.15) is 0 Å². The number of pyridine rings is 1. The molecule has 1 aromatic rings. The predicted molar refractivity (Wildman–Crippen MR) is 63.0 cm³/mol. The molecule has 3 nitrogen and oxygen atoms in total. The van der Waals surface area contributed by atoms with Gasteiger partial charge in [-0.2, -0.15) is 4.39 Å². The van der Waals surface area contributed by atoms with E-state index in [9.17, 15) is 13.6 Å². The summed E-state index contributed by atoms with van der Waals surface area (Å²) in [7, 11) is 0. The molecule has 0 spiro atoms. The summed E-state index contributed by atoms with van der Waals surface area (Å²) in [6.45, 7) is 4.35. The van der Waals surface area contributed by atoms with Crippen LogP contribution in [0.3, 0.4) is 0 Å². The Labute approximate surface area is 105 Å². The number of carbonyl (C=O) groups excluding carboxylic acids is 1. The molecule has 18 heavy (non-hydrogen) atoms. The van der Waals surface area contributed by atoms with Crippen LogP contribution in [0.5, 0.6) is 0 Å². The van der Waals surface area contributed by atoms with Gasteiger partial charge in [-0.15, -0.1) is 0 Å². The summed E-state index contributed by atoms with van der Waals surface area (Å²) in [6.07, 6.45) is 3.31. The fourth-order valence-corrected chi connectivity index (χ4v) is 1.84. The SMILES string of the molecule is CC(C)N(CC1CC1)C(=O)c1ccnc(F)c1F. The normalized spacial score (nSPS) is 14.9. The van der Waals surface area contributed by atoms with Crippen molar-refractivity contribution in [2.24, 2.45) is 5.92 Å². The van der Waals surface area contributed by atoms with Gasteiger partial charge in [-0.25, -0.2) is 9.37 Å². The predicted octanol–water partition coefficient (Wildman–Crippen LogP) is 2.62. The van der Waals surface area contributed by atoms with E-state index < -0.39 is 17.7 Å². The highest BCUT2D eigenvalue weighted by Gasteiger charge is 2.30. The largest absolute Gasteiger partial charge is 0.336 e. The summed E-state index contributed by atoms with van der Waals surface area (Å²) >= 11 is 0. The van der Waals surface area contributed by atoms with E-state index in [1.807, 2.05) is 13.8 Å². The third-order valence-electron chi connectivity index (χ3n) is 3.11. The molecule has 0 N–H and O–H groups in total. The number of nitrogens with zero attached hydrogens (tertiary/aromatic N) is 2. The molecule has 0 unspecified atom stereocenters. The minimum atomic E-state index is -1.23. The molecule has 0 aromatic carbocycles. The molecule has 1 fully saturated rings. The van der Waals surface area contributed by atoms with Crippen molar-refractivity contribution < 1.29 is 13.6 Å². The van der Waals surface area contributed by atoms with Gasteiger partial charge in [0, 0.05) is 18.8 Å². The molecule has 1 aliphatic carbocycles. The molecule has 1 heterocycles. The van der Waals surface area contributed by atoms with E-state index in [0.717, 1.165) is 19.0 Å². The first-order valence-corrected chi connectivity index (χ1v) is 6.11. The Morgan fingerprint density at radius 1 is 1.50 bits per heavy atom. The quantitative estimate of drug-likeness (QED) is 0.774. The van der Waals surface area contributed by atoms with Gasteiger partial charge >= 0.3 is 0 Å². The van der Waals surface area contributed by atoms with Gasteiger partial charge in [-0.3, -0.25) is 4.79 Å². The minimum Gasteiger partial charge on any atom is -0.336 e. The smallest absolute Gasteiger partial charge is 0.257 e. The second-order valence-corrected chi connectivity index (χ2v) is 4.96. The van der Waals surface area contributed by atoms with Gasteiger partial charge in [-0.1, -0.05) is 0 Å².